The van der Waals surface area contributed by atoms with Gasteiger partial charge in [-0.15, -0.1) is 0 Å². The van der Waals surface area contributed by atoms with E-state index in [-0.39, 0.29) is 11.8 Å². The van der Waals surface area contributed by atoms with Crippen molar-refractivity contribution >= 4 is 23.1 Å². The molecule has 2 N–H and O–H groups in total. The molecule has 5 nitrogen and oxygen atoms in total. The van der Waals surface area contributed by atoms with Crippen LogP contribution in [0.3, 0.4) is 0 Å². The zero-order valence-electron chi connectivity index (χ0n) is 12.2. The molecule has 2 saturated heterocycles. The van der Waals surface area contributed by atoms with Crippen molar-refractivity contribution in [3.05, 3.63) is 0 Å². The smallest absolute Gasteiger partial charge is 0.232 e. The van der Waals surface area contributed by atoms with E-state index in [0.29, 0.717) is 11.0 Å². The van der Waals surface area contributed by atoms with Crippen LogP contribution in [0.2, 0.25) is 0 Å². The molecule has 0 aromatic carbocycles. The van der Waals surface area contributed by atoms with Crippen molar-refractivity contribution in [2.75, 3.05) is 39.4 Å². The van der Waals surface area contributed by atoms with Crippen LogP contribution in [-0.4, -0.2) is 66.1 Å². The molecule has 0 aliphatic carbocycles. The third-order valence-corrected chi connectivity index (χ3v) is 4.54. The van der Waals surface area contributed by atoms with E-state index >= 15 is 0 Å². The summed E-state index contributed by atoms with van der Waals surface area (Å²) in [6, 6.07) is 0.469. The van der Waals surface area contributed by atoms with Crippen LogP contribution in [0.4, 0.5) is 0 Å². The fraction of sp³-hybridized carbons (Fsp3) is 0.857. The van der Waals surface area contributed by atoms with Gasteiger partial charge in [0.15, 0.2) is 0 Å². The lowest BCUT2D eigenvalue weighted by Gasteiger charge is -2.32. The molecule has 2 rings (SSSR count). The first-order valence-electron chi connectivity index (χ1n) is 7.53. The fourth-order valence-electron chi connectivity index (χ4n) is 3.08. The van der Waals surface area contributed by atoms with Gasteiger partial charge in [0.25, 0.3) is 0 Å². The van der Waals surface area contributed by atoms with Crippen LogP contribution in [0.1, 0.15) is 26.2 Å². The molecule has 2 heterocycles. The largest absolute Gasteiger partial charge is 0.393 e. The molecule has 2 atom stereocenters. The van der Waals surface area contributed by atoms with Crippen molar-refractivity contribution in [3.8, 4) is 0 Å². The maximum absolute atomic E-state index is 12.5. The average molecular weight is 299 g/mol. The third kappa shape index (κ3) is 3.68. The Morgan fingerprint density at radius 3 is 2.70 bits per heavy atom. The monoisotopic (exact) mass is 299 g/mol. The van der Waals surface area contributed by atoms with Crippen LogP contribution >= 0.6 is 12.2 Å². The second kappa shape index (κ2) is 7.33. The summed E-state index contributed by atoms with van der Waals surface area (Å²) in [6.07, 6.45) is 2.73. The van der Waals surface area contributed by atoms with Crippen molar-refractivity contribution in [1.29, 1.82) is 0 Å². The molecule has 0 spiro atoms. The quantitative estimate of drug-likeness (QED) is 0.754. The van der Waals surface area contributed by atoms with Crippen molar-refractivity contribution in [2.24, 2.45) is 11.7 Å². The summed E-state index contributed by atoms with van der Waals surface area (Å²) in [5.41, 5.74) is 5.73. The predicted molar refractivity (Wildman–Crippen MR) is 82.6 cm³/mol. The molecule has 2 unspecified atom stereocenters. The van der Waals surface area contributed by atoms with Gasteiger partial charge in [0.2, 0.25) is 5.91 Å². The van der Waals surface area contributed by atoms with Gasteiger partial charge in [0.1, 0.15) is 0 Å². The second-order valence-corrected chi connectivity index (χ2v) is 6.09. The van der Waals surface area contributed by atoms with Gasteiger partial charge in [-0.1, -0.05) is 25.6 Å². The molecule has 0 saturated carbocycles. The number of carbonyl (C=O) groups excluding carboxylic acids is 1. The third-order valence-electron chi connectivity index (χ3n) is 4.26. The van der Waals surface area contributed by atoms with Crippen LogP contribution in [0.5, 0.6) is 0 Å². The molecule has 2 fully saturated rings. The summed E-state index contributed by atoms with van der Waals surface area (Å²) in [6.45, 7) is 7.23. The summed E-state index contributed by atoms with van der Waals surface area (Å²) in [5.74, 6) is -0.159. The van der Waals surface area contributed by atoms with Crippen LogP contribution in [-0.2, 0) is 9.53 Å². The maximum atomic E-state index is 12.5. The number of hydrogen-bond donors (Lipinski definition) is 1. The lowest BCUT2D eigenvalue weighted by molar-refractivity contribution is -0.132. The molecule has 0 aromatic heterocycles. The summed E-state index contributed by atoms with van der Waals surface area (Å²) in [4.78, 5) is 17.2. The highest BCUT2D eigenvalue weighted by Gasteiger charge is 2.34. The molecule has 2 aliphatic rings. The Kier molecular flexibility index (Phi) is 5.74. The molecule has 0 bridgehead atoms. The number of nitrogens with two attached hydrogens (primary N) is 1. The topological polar surface area (TPSA) is 58.8 Å². The van der Waals surface area contributed by atoms with E-state index in [1.165, 1.54) is 0 Å². The van der Waals surface area contributed by atoms with Gasteiger partial charge in [-0.2, -0.15) is 0 Å². The molecule has 20 heavy (non-hydrogen) atoms. The average Bonchev–Trinajstić information content (AvgIpc) is 2.94. The number of hydrogen-bond acceptors (Lipinski definition) is 4. The Morgan fingerprint density at radius 1 is 1.40 bits per heavy atom. The van der Waals surface area contributed by atoms with Crippen molar-refractivity contribution in [3.63, 3.8) is 0 Å². The first-order valence-corrected chi connectivity index (χ1v) is 7.94. The Morgan fingerprint density at radius 2 is 2.10 bits per heavy atom. The number of carbonyl (C=O) groups is 1. The Hall–Kier alpha value is -0.720. The van der Waals surface area contributed by atoms with E-state index in [0.717, 1.165) is 58.7 Å². The maximum Gasteiger partial charge on any atom is 0.232 e. The lowest BCUT2D eigenvalue weighted by atomic mass is 10.0. The number of likely N-dealkylation sites (tertiary alicyclic amines) is 1. The van der Waals surface area contributed by atoms with Crippen LogP contribution in [0.25, 0.3) is 0 Å². The Labute approximate surface area is 126 Å². The minimum absolute atomic E-state index is 0.120. The van der Waals surface area contributed by atoms with E-state index in [1.807, 2.05) is 4.90 Å². The highest BCUT2D eigenvalue weighted by Crippen LogP contribution is 2.20. The lowest BCUT2D eigenvalue weighted by Crippen LogP contribution is -2.46. The number of ether oxygens (including phenoxy) is 1. The number of thiocarbonyl (C=S) groups is 1. The molecule has 1 amide bonds. The zero-order chi connectivity index (χ0) is 14.5. The van der Waals surface area contributed by atoms with E-state index in [1.54, 1.807) is 0 Å². The molecule has 0 aromatic rings. The zero-order valence-corrected chi connectivity index (χ0v) is 13.0. The predicted octanol–water partition coefficient (Wildman–Crippen LogP) is 0.622. The van der Waals surface area contributed by atoms with Gasteiger partial charge in [0, 0.05) is 32.2 Å². The molecule has 0 radical (unpaired) electrons. The molecule has 114 valence electrons. The van der Waals surface area contributed by atoms with Crippen molar-refractivity contribution in [1.82, 2.24) is 9.80 Å². The second-order valence-electron chi connectivity index (χ2n) is 5.62. The van der Waals surface area contributed by atoms with Gasteiger partial charge < -0.3 is 15.4 Å². The SMILES string of the molecule is CCCC(C(=O)N1CCC(N2CCOCC2)C1)C(N)=S. The summed E-state index contributed by atoms with van der Waals surface area (Å²) in [7, 11) is 0. The molecular weight excluding hydrogens is 274 g/mol. The van der Waals surface area contributed by atoms with Gasteiger partial charge in [0.05, 0.1) is 24.1 Å². The van der Waals surface area contributed by atoms with Gasteiger partial charge in [-0.25, -0.2) is 0 Å². The molecule has 6 heteroatoms. The van der Waals surface area contributed by atoms with E-state index in [9.17, 15) is 4.79 Å². The highest BCUT2D eigenvalue weighted by atomic mass is 32.1. The summed E-state index contributed by atoms with van der Waals surface area (Å²) >= 11 is 5.05. The minimum Gasteiger partial charge on any atom is -0.393 e. The van der Waals surface area contributed by atoms with Gasteiger partial charge in [-0.3, -0.25) is 9.69 Å². The summed E-state index contributed by atoms with van der Waals surface area (Å²) in [5, 5.41) is 0. The van der Waals surface area contributed by atoms with Gasteiger partial charge >= 0.3 is 0 Å². The van der Waals surface area contributed by atoms with Crippen molar-refractivity contribution in [2.45, 2.75) is 32.2 Å². The standard InChI is InChI=1S/C14H25N3O2S/c1-2-3-12(13(15)20)14(18)17-5-4-11(10-17)16-6-8-19-9-7-16/h11-12H,2-10H2,1H3,(H2,15,20). The normalized spacial score (nSPS) is 25.6. The summed E-state index contributed by atoms with van der Waals surface area (Å²) < 4.78 is 5.38. The van der Waals surface area contributed by atoms with Gasteiger partial charge in [-0.05, 0) is 12.8 Å². The van der Waals surface area contributed by atoms with E-state index < -0.39 is 0 Å². The van der Waals surface area contributed by atoms with Crippen LogP contribution in [0, 0.1) is 5.92 Å². The van der Waals surface area contributed by atoms with Crippen molar-refractivity contribution < 1.29 is 9.53 Å². The number of rotatable bonds is 5. The minimum atomic E-state index is -0.279. The van der Waals surface area contributed by atoms with Crippen LogP contribution in [0.15, 0.2) is 0 Å². The Balaban J connectivity index is 1.90. The van der Waals surface area contributed by atoms with E-state index in [4.69, 9.17) is 22.7 Å². The Bertz CT molecular complexity index is 358. The first kappa shape index (κ1) is 15.7. The highest BCUT2D eigenvalue weighted by molar-refractivity contribution is 7.80. The number of nitrogens with zero attached hydrogens (tertiary/aromatic N) is 2. The number of morpholine rings is 1. The molecule has 2 aliphatic heterocycles. The molecular formula is C14H25N3O2S. The fourth-order valence-corrected chi connectivity index (χ4v) is 3.30. The number of amides is 1. The van der Waals surface area contributed by atoms with Crippen LogP contribution < -0.4 is 5.73 Å². The van der Waals surface area contributed by atoms with E-state index in [2.05, 4.69) is 11.8 Å². The first-order chi connectivity index (χ1) is 9.63.